The zero-order valence-electron chi connectivity index (χ0n) is 7.65. The Kier molecular flexibility index (Phi) is 3.58. The molecule has 1 aromatic heterocycles. The van der Waals surface area contributed by atoms with Gasteiger partial charge in [-0.25, -0.2) is 0 Å². The van der Waals surface area contributed by atoms with Crippen LogP contribution in [0.25, 0.3) is 0 Å². The summed E-state index contributed by atoms with van der Waals surface area (Å²) in [6.45, 7) is 0. The molecule has 76 valence electrons. The summed E-state index contributed by atoms with van der Waals surface area (Å²) in [6.07, 6.45) is 1.71. The van der Waals surface area contributed by atoms with E-state index < -0.39 is 0 Å². The molecule has 0 radical (unpaired) electrons. The molecule has 15 heavy (non-hydrogen) atoms. The van der Waals surface area contributed by atoms with Crippen molar-refractivity contribution in [3.8, 4) is 0 Å². The van der Waals surface area contributed by atoms with E-state index in [2.05, 4.69) is 43.5 Å². The van der Waals surface area contributed by atoms with Gasteiger partial charge in [-0.15, -0.1) is 0 Å². The molecule has 0 aliphatic heterocycles. The summed E-state index contributed by atoms with van der Waals surface area (Å²) in [5.74, 6) is 0.745. The van der Waals surface area contributed by atoms with E-state index in [4.69, 9.17) is 4.42 Å². The molecule has 0 aliphatic carbocycles. The maximum absolute atomic E-state index is 5.43. The highest BCUT2D eigenvalue weighted by molar-refractivity contribution is 14.1. The molecule has 2 aromatic rings. The lowest BCUT2D eigenvalue weighted by Crippen LogP contribution is -1.73. The Labute approximate surface area is 110 Å². The first kappa shape index (κ1) is 10.9. The Bertz CT molecular complexity index is 459. The molecule has 0 bridgehead atoms. The van der Waals surface area contributed by atoms with Crippen molar-refractivity contribution in [3.63, 3.8) is 0 Å². The number of halogens is 2. The highest BCUT2D eigenvalue weighted by Crippen LogP contribution is 2.22. The molecule has 0 N–H and O–H groups in total. The summed E-state index contributed by atoms with van der Waals surface area (Å²) in [5, 5.41) is 0. The van der Waals surface area contributed by atoms with Crippen LogP contribution in [0.3, 0.4) is 0 Å². The molecule has 0 spiro atoms. The number of nitrogens with zero attached hydrogens (tertiary/aromatic N) is 1. The van der Waals surface area contributed by atoms with E-state index in [9.17, 15) is 0 Å². The first-order valence-electron chi connectivity index (χ1n) is 4.29. The van der Waals surface area contributed by atoms with Crippen molar-refractivity contribution in [2.24, 2.45) is 4.99 Å². The van der Waals surface area contributed by atoms with E-state index in [-0.39, 0.29) is 0 Å². The predicted molar refractivity (Wildman–Crippen MR) is 72.8 cm³/mol. The van der Waals surface area contributed by atoms with Gasteiger partial charge in [0.25, 0.3) is 0 Å². The number of hydrogen-bond acceptors (Lipinski definition) is 2. The van der Waals surface area contributed by atoms with Gasteiger partial charge in [0.2, 0.25) is 0 Å². The fourth-order valence-corrected chi connectivity index (χ4v) is 1.80. The van der Waals surface area contributed by atoms with E-state index >= 15 is 0 Å². The number of furan rings is 1. The second kappa shape index (κ2) is 4.94. The second-order valence-corrected chi connectivity index (χ2v) is 4.70. The summed E-state index contributed by atoms with van der Waals surface area (Å²) in [7, 11) is 0. The van der Waals surface area contributed by atoms with Crippen LogP contribution in [0, 0.1) is 3.77 Å². The lowest BCUT2D eigenvalue weighted by molar-refractivity contribution is 0.530. The van der Waals surface area contributed by atoms with Gasteiger partial charge in [-0.2, -0.15) is 0 Å². The minimum atomic E-state index is 0.745. The SMILES string of the molecule is Brc1cc(C=Nc2ccccc2)oc1I. The van der Waals surface area contributed by atoms with Crippen LogP contribution in [0.4, 0.5) is 5.69 Å². The third kappa shape index (κ3) is 2.92. The van der Waals surface area contributed by atoms with Gasteiger partial charge in [-0.05, 0) is 28.1 Å². The molecule has 0 amide bonds. The Hall–Kier alpha value is -0.620. The zero-order chi connectivity index (χ0) is 10.7. The largest absolute Gasteiger partial charge is 0.448 e. The molecular weight excluding hydrogens is 369 g/mol. The van der Waals surface area contributed by atoms with Gasteiger partial charge < -0.3 is 4.42 Å². The van der Waals surface area contributed by atoms with Crippen molar-refractivity contribution in [2.45, 2.75) is 0 Å². The van der Waals surface area contributed by atoms with E-state index in [1.165, 1.54) is 0 Å². The highest BCUT2D eigenvalue weighted by Gasteiger charge is 2.02. The van der Waals surface area contributed by atoms with Gasteiger partial charge >= 0.3 is 0 Å². The van der Waals surface area contributed by atoms with Gasteiger partial charge in [0, 0.05) is 28.7 Å². The van der Waals surface area contributed by atoms with Crippen molar-refractivity contribution < 1.29 is 4.42 Å². The quantitative estimate of drug-likeness (QED) is 0.564. The number of rotatable bonds is 2. The number of hydrogen-bond donors (Lipinski definition) is 0. The maximum Gasteiger partial charge on any atom is 0.178 e. The molecule has 0 saturated carbocycles. The third-order valence-electron chi connectivity index (χ3n) is 1.76. The molecule has 0 atom stereocenters. The fourth-order valence-electron chi connectivity index (χ4n) is 1.08. The van der Waals surface area contributed by atoms with Crippen LogP contribution in [0.15, 0.2) is 50.3 Å². The van der Waals surface area contributed by atoms with Crippen molar-refractivity contribution >= 4 is 50.4 Å². The Morgan fingerprint density at radius 1 is 1.27 bits per heavy atom. The van der Waals surface area contributed by atoms with Crippen molar-refractivity contribution in [2.75, 3.05) is 0 Å². The third-order valence-corrected chi connectivity index (χ3v) is 3.89. The van der Waals surface area contributed by atoms with Crippen LogP contribution in [0.2, 0.25) is 0 Å². The normalized spacial score (nSPS) is 11.1. The summed E-state index contributed by atoms with van der Waals surface area (Å²) in [6, 6.07) is 11.7. The van der Waals surface area contributed by atoms with E-state index in [0.29, 0.717) is 0 Å². The van der Waals surface area contributed by atoms with Gasteiger partial charge in [-0.3, -0.25) is 4.99 Å². The summed E-state index contributed by atoms with van der Waals surface area (Å²) < 4.78 is 7.22. The first-order chi connectivity index (χ1) is 7.25. The molecule has 4 heteroatoms. The van der Waals surface area contributed by atoms with Gasteiger partial charge in [0.15, 0.2) is 3.77 Å². The molecule has 1 heterocycles. The monoisotopic (exact) mass is 375 g/mol. The minimum Gasteiger partial charge on any atom is -0.448 e. The van der Waals surface area contributed by atoms with E-state index in [1.54, 1.807) is 6.21 Å². The van der Waals surface area contributed by atoms with Crippen LogP contribution in [0.1, 0.15) is 5.76 Å². The van der Waals surface area contributed by atoms with Crippen LogP contribution in [-0.2, 0) is 0 Å². The molecule has 0 saturated heterocycles. The standard InChI is InChI=1S/C11H7BrINO/c12-10-6-9(15-11(10)13)7-14-8-4-2-1-3-5-8/h1-7H. The Morgan fingerprint density at radius 2 is 2.00 bits per heavy atom. The fraction of sp³-hybridized carbons (Fsp3) is 0. The summed E-state index contributed by atoms with van der Waals surface area (Å²) in [5.41, 5.74) is 0.917. The topological polar surface area (TPSA) is 25.5 Å². The summed E-state index contributed by atoms with van der Waals surface area (Å²) in [4.78, 5) is 4.29. The van der Waals surface area contributed by atoms with E-state index in [0.717, 1.165) is 19.7 Å². The van der Waals surface area contributed by atoms with Crippen LogP contribution in [0.5, 0.6) is 0 Å². The maximum atomic E-state index is 5.43. The molecular formula is C11H7BrINO. The molecule has 0 aliphatic rings. The van der Waals surface area contributed by atoms with Crippen LogP contribution >= 0.6 is 38.5 Å². The summed E-state index contributed by atoms with van der Waals surface area (Å²) >= 11 is 5.50. The second-order valence-electron chi connectivity index (χ2n) is 2.86. The molecule has 2 rings (SSSR count). The van der Waals surface area contributed by atoms with Gasteiger partial charge in [0.1, 0.15) is 5.76 Å². The van der Waals surface area contributed by atoms with E-state index in [1.807, 2.05) is 36.4 Å². The average Bonchev–Trinajstić information content (AvgIpc) is 2.57. The number of para-hydroxylation sites is 1. The van der Waals surface area contributed by atoms with Crippen LogP contribution in [-0.4, -0.2) is 6.21 Å². The average molecular weight is 376 g/mol. The lowest BCUT2D eigenvalue weighted by atomic mass is 10.3. The Morgan fingerprint density at radius 3 is 2.60 bits per heavy atom. The molecule has 2 nitrogen and oxygen atoms in total. The van der Waals surface area contributed by atoms with Gasteiger partial charge in [-0.1, -0.05) is 18.2 Å². The number of benzene rings is 1. The Balaban J connectivity index is 2.19. The molecule has 1 aromatic carbocycles. The predicted octanol–water partition coefficient (Wildman–Crippen LogP) is 4.40. The highest BCUT2D eigenvalue weighted by atomic mass is 127. The first-order valence-corrected chi connectivity index (χ1v) is 6.17. The van der Waals surface area contributed by atoms with Gasteiger partial charge in [0.05, 0.1) is 16.4 Å². The number of aliphatic imine (C=N–C) groups is 1. The minimum absolute atomic E-state index is 0.745. The van der Waals surface area contributed by atoms with Crippen molar-refractivity contribution in [1.29, 1.82) is 0 Å². The van der Waals surface area contributed by atoms with Crippen molar-refractivity contribution in [1.82, 2.24) is 0 Å². The molecule has 0 unspecified atom stereocenters. The molecule has 0 fully saturated rings. The van der Waals surface area contributed by atoms with Crippen LogP contribution < -0.4 is 0 Å². The zero-order valence-corrected chi connectivity index (χ0v) is 11.4. The smallest absolute Gasteiger partial charge is 0.178 e. The van der Waals surface area contributed by atoms with Crippen molar-refractivity contribution in [3.05, 3.63) is 50.4 Å². The lowest BCUT2D eigenvalue weighted by Gasteiger charge is -1.89.